The second kappa shape index (κ2) is 2.79. The van der Waals surface area contributed by atoms with Crippen LogP contribution in [0.4, 0.5) is 8.78 Å². The molecular weight excluding hydrogens is 170 g/mol. The lowest BCUT2D eigenvalue weighted by atomic mass is 9.88. The van der Waals surface area contributed by atoms with Gasteiger partial charge in [-0.15, -0.1) is 0 Å². The van der Waals surface area contributed by atoms with E-state index in [-0.39, 0.29) is 12.0 Å². The van der Waals surface area contributed by atoms with Crippen LogP contribution >= 0.6 is 0 Å². The fourth-order valence-electron chi connectivity index (χ4n) is 1.88. The number of fused-ring (bicyclic) bond motifs is 1. The predicted octanol–water partition coefficient (Wildman–Crippen LogP) is 3.42. The second-order valence-corrected chi connectivity index (χ2v) is 3.72. The molecule has 0 unspecified atom stereocenters. The average molecular weight is 182 g/mol. The molecule has 0 aromatic heterocycles. The van der Waals surface area contributed by atoms with Crippen molar-refractivity contribution in [2.75, 3.05) is 0 Å². The van der Waals surface area contributed by atoms with Crippen LogP contribution in [0.3, 0.4) is 0 Å². The molecule has 0 fully saturated rings. The molecule has 0 N–H and O–H groups in total. The van der Waals surface area contributed by atoms with Crippen molar-refractivity contribution >= 4 is 0 Å². The van der Waals surface area contributed by atoms with E-state index in [1.54, 1.807) is 6.07 Å². The maximum atomic E-state index is 13.4. The highest BCUT2D eigenvalue weighted by Gasteiger charge is 2.36. The Labute approximate surface area is 76.6 Å². The first kappa shape index (κ1) is 8.67. The van der Waals surface area contributed by atoms with Gasteiger partial charge < -0.3 is 0 Å². The van der Waals surface area contributed by atoms with Crippen molar-refractivity contribution in [1.29, 1.82) is 0 Å². The molecule has 2 rings (SSSR count). The molecule has 0 nitrogen and oxygen atoms in total. The van der Waals surface area contributed by atoms with Crippen molar-refractivity contribution in [2.45, 2.75) is 32.1 Å². The SMILES string of the molecule is Cc1ccc2c(c1)C(F)(F)CCC2. The molecule has 0 saturated heterocycles. The van der Waals surface area contributed by atoms with E-state index in [2.05, 4.69) is 0 Å². The van der Waals surface area contributed by atoms with Crippen LogP contribution < -0.4 is 0 Å². The summed E-state index contributed by atoms with van der Waals surface area (Å²) in [7, 11) is 0. The van der Waals surface area contributed by atoms with Crippen LogP contribution in [0.2, 0.25) is 0 Å². The molecule has 1 aliphatic carbocycles. The molecule has 0 amide bonds. The predicted molar refractivity (Wildman–Crippen MR) is 48.0 cm³/mol. The van der Waals surface area contributed by atoms with Gasteiger partial charge in [0, 0.05) is 12.0 Å². The van der Waals surface area contributed by atoms with Crippen molar-refractivity contribution in [1.82, 2.24) is 0 Å². The number of hydrogen-bond donors (Lipinski definition) is 0. The Kier molecular flexibility index (Phi) is 1.86. The Morgan fingerprint density at radius 1 is 1.31 bits per heavy atom. The zero-order valence-corrected chi connectivity index (χ0v) is 7.61. The summed E-state index contributed by atoms with van der Waals surface area (Å²) in [6, 6.07) is 5.35. The normalized spacial score (nSPS) is 19.6. The summed E-state index contributed by atoms with van der Waals surface area (Å²) in [5.41, 5.74) is 1.99. The van der Waals surface area contributed by atoms with E-state index in [0.29, 0.717) is 6.42 Å². The van der Waals surface area contributed by atoms with Crippen LogP contribution in [0.1, 0.15) is 29.5 Å². The fraction of sp³-hybridized carbons (Fsp3) is 0.455. The van der Waals surface area contributed by atoms with Crippen LogP contribution in [0.15, 0.2) is 18.2 Å². The van der Waals surface area contributed by atoms with Gasteiger partial charge >= 0.3 is 0 Å². The fourth-order valence-corrected chi connectivity index (χ4v) is 1.88. The van der Waals surface area contributed by atoms with Gasteiger partial charge in [0.1, 0.15) is 0 Å². The van der Waals surface area contributed by atoms with E-state index in [4.69, 9.17) is 0 Å². The lowest BCUT2D eigenvalue weighted by Gasteiger charge is -2.25. The Bertz CT molecular complexity index is 329. The van der Waals surface area contributed by atoms with E-state index < -0.39 is 5.92 Å². The highest BCUT2D eigenvalue weighted by molar-refractivity contribution is 5.36. The average Bonchev–Trinajstić information content (AvgIpc) is 2.06. The molecule has 1 aliphatic rings. The minimum Gasteiger partial charge on any atom is -0.201 e. The Balaban J connectivity index is 2.55. The zero-order chi connectivity index (χ0) is 9.47. The van der Waals surface area contributed by atoms with Crippen LogP contribution in [-0.2, 0) is 12.3 Å². The number of benzene rings is 1. The van der Waals surface area contributed by atoms with E-state index in [1.165, 1.54) is 0 Å². The van der Waals surface area contributed by atoms with Crippen LogP contribution in [0.25, 0.3) is 0 Å². The van der Waals surface area contributed by atoms with Gasteiger partial charge in [0.15, 0.2) is 0 Å². The highest BCUT2D eigenvalue weighted by Crippen LogP contribution is 2.40. The summed E-state index contributed by atoms with van der Waals surface area (Å²) in [5, 5.41) is 0. The molecule has 2 heteroatoms. The third kappa shape index (κ3) is 1.45. The summed E-state index contributed by atoms with van der Waals surface area (Å²) in [5.74, 6) is -2.60. The van der Waals surface area contributed by atoms with Crippen molar-refractivity contribution in [3.8, 4) is 0 Å². The first-order valence-electron chi connectivity index (χ1n) is 4.57. The topological polar surface area (TPSA) is 0 Å². The molecule has 0 bridgehead atoms. The molecule has 0 saturated carbocycles. The Morgan fingerprint density at radius 2 is 2.08 bits per heavy atom. The Morgan fingerprint density at radius 3 is 2.85 bits per heavy atom. The molecule has 0 atom stereocenters. The van der Waals surface area contributed by atoms with Crippen LogP contribution in [0.5, 0.6) is 0 Å². The summed E-state index contributed by atoms with van der Waals surface area (Å²) < 4.78 is 26.8. The van der Waals surface area contributed by atoms with E-state index in [9.17, 15) is 8.78 Å². The lowest BCUT2D eigenvalue weighted by Crippen LogP contribution is -2.20. The smallest absolute Gasteiger partial charge is 0.201 e. The number of halogens is 2. The van der Waals surface area contributed by atoms with Gasteiger partial charge in [0.2, 0.25) is 0 Å². The van der Waals surface area contributed by atoms with E-state index in [0.717, 1.165) is 17.5 Å². The number of hydrogen-bond acceptors (Lipinski definition) is 0. The summed E-state index contributed by atoms with van der Waals surface area (Å²) >= 11 is 0. The number of alkyl halides is 2. The standard InChI is InChI=1S/C11H12F2/c1-8-4-5-9-3-2-6-11(12,13)10(9)7-8/h4-5,7H,2-3,6H2,1H3. The molecule has 0 spiro atoms. The van der Waals surface area contributed by atoms with Crippen molar-refractivity contribution in [3.05, 3.63) is 34.9 Å². The van der Waals surface area contributed by atoms with E-state index >= 15 is 0 Å². The van der Waals surface area contributed by atoms with Gasteiger partial charge in [-0.05, 0) is 31.4 Å². The molecule has 0 aliphatic heterocycles. The maximum absolute atomic E-state index is 13.4. The van der Waals surface area contributed by atoms with Gasteiger partial charge in [0.05, 0.1) is 0 Å². The van der Waals surface area contributed by atoms with Crippen molar-refractivity contribution in [3.63, 3.8) is 0 Å². The van der Waals surface area contributed by atoms with Gasteiger partial charge in [-0.2, -0.15) is 0 Å². The van der Waals surface area contributed by atoms with Gasteiger partial charge in [0.25, 0.3) is 5.92 Å². The molecule has 70 valence electrons. The first-order chi connectivity index (χ1) is 6.09. The third-order valence-electron chi connectivity index (χ3n) is 2.60. The third-order valence-corrected chi connectivity index (χ3v) is 2.60. The largest absolute Gasteiger partial charge is 0.273 e. The minimum atomic E-state index is -2.60. The molecule has 13 heavy (non-hydrogen) atoms. The highest BCUT2D eigenvalue weighted by atomic mass is 19.3. The van der Waals surface area contributed by atoms with Gasteiger partial charge in [-0.25, -0.2) is 8.78 Å². The van der Waals surface area contributed by atoms with Gasteiger partial charge in [-0.1, -0.05) is 17.7 Å². The Hall–Kier alpha value is -0.920. The zero-order valence-electron chi connectivity index (χ0n) is 7.61. The molecule has 0 radical (unpaired) electrons. The first-order valence-corrected chi connectivity index (χ1v) is 4.57. The summed E-state index contributed by atoms with van der Waals surface area (Å²) in [4.78, 5) is 0. The second-order valence-electron chi connectivity index (χ2n) is 3.72. The van der Waals surface area contributed by atoms with Gasteiger partial charge in [-0.3, -0.25) is 0 Å². The van der Waals surface area contributed by atoms with Crippen molar-refractivity contribution < 1.29 is 8.78 Å². The lowest BCUT2D eigenvalue weighted by molar-refractivity contribution is -0.0217. The quantitative estimate of drug-likeness (QED) is 0.576. The summed E-state index contributed by atoms with van der Waals surface area (Å²) in [6.45, 7) is 1.85. The maximum Gasteiger partial charge on any atom is 0.273 e. The van der Waals surface area contributed by atoms with Crippen LogP contribution in [-0.4, -0.2) is 0 Å². The summed E-state index contributed by atoms with van der Waals surface area (Å²) in [6.07, 6.45) is 1.40. The number of aryl methyl sites for hydroxylation is 2. The molecule has 0 heterocycles. The number of rotatable bonds is 0. The molecule has 1 aromatic rings. The molecule has 1 aromatic carbocycles. The molecular formula is C11H12F2. The monoisotopic (exact) mass is 182 g/mol. The van der Waals surface area contributed by atoms with Crippen LogP contribution in [0, 0.1) is 6.92 Å². The van der Waals surface area contributed by atoms with E-state index in [1.807, 2.05) is 19.1 Å². The van der Waals surface area contributed by atoms with Crippen molar-refractivity contribution in [2.24, 2.45) is 0 Å². The minimum absolute atomic E-state index is 0.00343.